The van der Waals surface area contributed by atoms with Crippen molar-refractivity contribution in [3.8, 4) is 0 Å². The van der Waals surface area contributed by atoms with Crippen LogP contribution in [0.25, 0.3) is 0 Å². The average Bonchev–Trinajstić information content (AvgIpc) is 3.36. The maximum absolute atomic E-state index is 13.3. The molecule has 1 aliphatic rings. The summed E-state index contributed by atoms with van der Waals surface area (Å²) in [5, 5.41) is 2.36. The molecular weight excluding hydrogens is 398 g/mol. The molecule has 1 aliphatic heterocycles. The van der Waals surface area contributed by atoms with E-state index in [4.69, 9.17) is 4.42 Å². The molecule has 5 nitrogen and oxygen atoms in total. The second-order valence-corrected chi connectivity index (χ2v) is 7.54. The second-order valence-electron chi connectivity index (χ2n) is 6.47. The van der Waals surface area contributed by atoms with E-state index in [0.29, 0.717) is 23.6 Å². The maximum atomic E-state index is 13.3. The average molecular weight is 414 g/mol. The van der Waals surface area contributed by atoms with Crippen molar-refractivity contribution in [2.24, 2.45) is 0 Å². The Morgan fingerprint density at radius 1 is 1.14 bits per heavy atom. The highest BCUT2D eigenvalue weighted by Gasteiger charge is 2.33. The molecule has 3 aromatic rings. The van der Waals surface area contributed by atoms with Gasteiger partial charge in [-0.25, -0.2) is 8.78 Å². The van der Waals surface area contributed by atoms with Crippen molar-refractivity contribution >= 4 is 29.3 Å². The molecule has 1 unspecified atom stereocenters. The number of furan rings is 1. The zero-order valence-corrected chi connectivity index (χ0v) is 15.9. The zero-order chi connectivity index (χ0) is 20.4. The van der Waals surface area contributed by atoms with Gasteiger partial charge in [0.05, 0.1) is 18.6 Å². The molecule has 8 heteroatoms. The van der Waals surface area contributed by atoms with Crippen LogP contribution in [0.15, 0.2) is 65.3 Å². The monoisotopic (exact) mass is 414 g/mol. The number of carbonyl (C=O) groups excluding carboxylic acids is 2. The minimum atomic E-state index is -1.03. The fourth-order valence-electron chi connectivity index (χ4n) is 3.05. The molecule has 2 heterocycles. The Labute approximate surface area is 169 Å². The Kier molecular flexibility index (Phi) is 5.35. The molecule has 1 aromatic heterocycles. The number of carbonyl (C=O) groups is 2. The number of amides is 2. The topological polar surface area (TPSA) is 62.6 Å². The highest BCUT2D eigenvalue weighted by atomic mass is 32.2. The number of nitrogens with one attached hydrogen (secondary N) is 1. The Morgan fingerprint density at radius 3 is 2.62 bits per heavy atom. The fourth-order valence-corrected chi connectivity index (χ4v) is 4.24. The molecule has 0 spiro atoms. The predicted molar refractivity (Wildman–Crippen MR) is 105 cm³/mol. The molecule has 1 fully saturated rings. The molecule has 4 rings (SSSR count). The van der Waals surface area contributed by atoms with Crippen molar-refractivity contribution in [2.75, 3.05) is 11.1 Å². The zero-order valence-electron chi connectivity index (χ0n) is 15.1. The third-order valence-corrected chi connectivity index (χ3v) is 5.77. The molecule has 1 atom stereocenters. The smallest absolute Gasteiger partial charge is 0.255 e. The molecule has 0 saturated carbocycles. The number of halogens is 2. The van der Waals surface area contributed by atoms with Gasteiger partial charge in [0.25, 0.3) is 5.91 Å². The van der Waals surface area contributed by atoms with Gasteiger partial charge in [0, 0.05) is 17.3 Å². The summed E-state index contributed by atoms with van der Waals surface area (Å²) >= 11 is 1.51. The molecular formula is C21H16F2N2O3S. The van der Waals surface area contributed by atoms with Crippen LogP contribution < -0.4 is 5.32 Å². The molecule has 29 heavy (non-hydrogen) atoms. The van der Waals surface area contributed by atoms with Crippen LogP contribution in [0, 0.1) is 11.6 Å². The van der Waals surface area contributed by atoms with Crippen molar-refractivity contribution < 1.29 is 22.8 Å². The molecule has 148 valence electrons. The highest BCUT2D eigenvalue weighted by molar-refractivity contribution is 8.00. The quantitative estimate of drug-likeness (QED) is 0.664. The minimum Gasteiger partial charge on any atom is -0.467 e. The van der Waals surface area contributed by atoms with Crippen molar-refractivity contribution in [2.45, 2.75) is 11.9 Å². The summed E-state index contributed by atoms with van der Waals surface area (Å²) in [5.74, 6) is -1.34. The molecule has 1 N–H and O–H groups in total. The van der Waals surface area contributed by atoms with Crippen LogP contribution in [0.3, 0.4) is 0 Å². The van der Waals surface area contributed by atoms with E-state index in [2.05, 4.69) is 5.32 Å². The lowest BCUT2D eigenvalue weighted by Gasteiger charge is -2.23. The van der Waals surface area contributed by atoms with Gasteiger partial charge in [0.2, 0.25) is 5.91 Å². The lowest BCUT2D eigenvalue weighted by atomic mass is 10.1. The normalized spacial score (nSPS) is 16.3. The summed E-state index contributed by atoms with van der Waals surface area (Å²) in [4.78, 5) is 26.4. The van der Waals surface area contributed by atoms with Crippen molar-refractivity contribution in [3.63, 3.8) is 0 Å². The first-order valence-corrected chi connectivity index (χ1v) is 9.86. The third-order valence-electron chi connectivity index (χ3n) is 4.51. The van der Waals surface area contributed by atoms with Crippen LogP contribution in [0.1, 0.15) is 27.1 Å². The van der Waals surface area contributed by atoms with Gasteiger partial charge in [-0.05, 0) is 42.0 Å². The van der Waals surface area contributed by atoms with E-state index >= 15 is 0 Å². The summed E-state index contributed by atoms with van der Waals surface area (Å²) in [7, 11) is 0. The first-order chi connectivity index (χ1) is 14.0. The number of rotatable bonds is 5. The minimum absolute atomic E-state index is 0.0246. The lowest BCUT2D eigenvalue weighted by molar-refractivity contribution is -0.128. The first kappa shape index (κ1) is 19.2. The lowest BCUT2D eigenvalue weighted by Crippen LogP contribution is -2.27. The summed E-state index contributed by atoms with van der Waals surface area (Å²) in [5.41, 5.74) is 1.42. The van der Waals surface area contributed by atoms with E-state index in [1.807, 2.05) is 6.07 Å². The standard InChI is InChI=1S/C21H16F2N2O3S/c22-17-8-7-15(10-18(17)23)24-20(27)13-3-5-14(6-4-13)21-25(19(26)12-29-21)11-16-2-1-9-28-16/h1-10,21H,11-12H2,(H,24,27). The van der Waals surface area contributed by atoms with Gasteiger partial charge in [-0.3, -0.25) is 9.59 Å². The third kappa shape index (κ3) is 4.17. The molecule has 0 radical (unpaired) electrons. The van der Waals surface area contributed by atoms with Crippen LogP contribution in [-0.2, 0) is 11.3 Å². The number of nitrogens with zero attached hydrogens (tertiary/aromatic N) is 1. The Morgan fingerprint density at radius 2 is 1.93 bits per heavy atom. The van der Waals surface area contributed by atoms with Crippen LogP contribution >= 0.6 is 11.8 Å². The van der Waals surface area contributed by atoms with E-state index in [0.717, 1.165) is 17.7 Å². The maximum Gasteiger partial charge on any atom is 0.255 e. The largest absolute Gasteiger partial charge is 0.467 e. The SMILES string of the molecule is O=C(Nc1ccc(F)c(F)c1)c1ccc(C2SCC(=O)N2Cc2ccco2)cc1. The van der Waals surface area contributed by atoms with E-state index in [9.17, 15) is 18.4 Å². The van der Waals surface area contributed by atoms with E-state index in [1.54, 1.807) is 41.5 Å². The Bertz CT molecular complexity index is 1040. The summed E-state index contributed by atoms with van der Waals surface area (Å²) in [6.07, 6.45) is 1.57. The van der Waals surface area contributed by atoms with Gasteiger partial charge in [-0.1, -0.05) is 12.1 Å². The van der Waals surface area contributed by atoms with E-state index < -0.39 is 17.5 Å². The van der Waals surface area contributed by atoms with Gasteiger partial charge in [0.1, 0.15) is 11.1 Å². The van der Waals surface area contributed by atoms with E-state index in [-0.39, 0.29) is 17.0 Å². The molecule has 0 aliphatic carbocycles. The molecule has 1 saturated heterocycles. The number of thioether (sulfide) groups is 1. The molecule has 2 aromatic carbocycles. The van der Waals surface area contributed by atoms with Gasteiger partial charge in [0.15, 0.2) is 11.6 Å². The highest BCUT2D eigenvalue weighted by Crippen LogP contribution is 2.39. The predicted octanol–water partition coefficient (Wildman–Crippen LogP) is 4.58. The fraction of sp³-hybridized carbons (Fsp3) is 0.143. The van der Waals surface area contributed by atoms with E-state index in [1.165, 1.54) is 17.8 Å². The van der Waals surface area contributed by atoms with Crippen molar-refractivity contribution in [3.05, 3.63) is 89.4 Å². The second kappa shape index (κ2) is 8.08. The van der Waals surface area contributed by atoms with Crippen molar-refractivity contribution in [1.29, 1.82) is 0 Å². The first-order valence-electron chi connectivity index (χ1n) is 8.81. The number of hydrogen-bond donors (Lipinski definition) is 1. The van der Waals surface area contributed by atoms with Crippen LogP contribution in [-0.4, -0.2) is 22.5 Å². The van der Waals surface area contributed by atoms with Crippen LogP contribution in [0.2, 0.25) is 0 Å². The van der Waals surface area contributed by atoms with Gasteiger partial charge in [-0.15, -0.1) is 11.8 Å². The van der Waals surface area contributed by atoms with Crippen molar-refractivity contribution in [1.82, 2.24) is 4.90 Å². The summed E-state index contributed by atoms with van der Waals surface area (Å²) < 4.78 is 31.6. The van der Waals surface area contributed by atoms with Gasteiger partial charge < -0.3 is 14.6 Å². The van der Waals surface area contributed by atoms with Crippen LogP contribution in [0.4, 0.5) is 14.5 Å². The summed E-state index contributed by atoms with van der Waals surface area (Å²) in [6, 6.07) is 13.6. The summed E-state index contributed by atoms with van der Waals surface area (Å²) in [6.45, 7) is 0.377. The molecule has 0 bridgehead atoms. The Hall–Kier alpha value is -3.13. The number of benzene rings is 2. The number of hydrogen-bond acceptors (Lipinski definition) is 4. The Balaban J connectivity index is 1.47. The van der Waals surface area contributed by atoms with Gasteiger partial charge in [-0.2, -0.15) is 0 Å². The van der Waals surface area contributed by atoms with Gasteiger partial charge >= 0.3 is 0 Å². The number of anilines is 1. The molecule has 2 amide bonds. The van der Waals surface area contributed by atoms with Crippen LogP contribution in [0.5, 0.6) is 0 Å².